The number of ether oxygens (including phenoxy) is 3. The molecule has 0 aromatic rings. The van der Waals surface area contributed by atoms with Crippen LogP contribution in [-0.4, -0.2) is 37.2 Å². The molecule has 0 aliphatic carbocycles. The van der Waals surface area contributed by atoms with Crippen molar-refractivity contribution in [3.8, 4) is 0 Å². The Morgan fingerprint density at radius 3 is 0.762 bits per heavy atom. The SMILES string of the molecule is CC/C=C\C/C=C\C/C=C\C/C=C\C/C=C\CCCCCCCC(=O)OC(COC(=O)CCCCCCCCCCC)COC(=O)CCCCCCCCCCCCCCCCCCCCCCCCCCCCCCCCCC. The zero-order valence-electron chi connectivity index (χ0n) is 53.6. The van der Waals surface area contributed by atoms with Crippen molar-refractivity contribution in [1.82, 2.24) is 0 Å². The summed E-state index contributed by atoms with van der Waals surface area (Å²) in [5, 5.41) is 0. The van der Waals surface area contributed by atoms with E-state index in [2.05, 4.69) is 81.5 Å². The van der Waals surface area contributed by atoms with Gasteiger partial charge in [-0.1, -0.05) is 351 Å². The highest BCUT2D eigenvalue weighted by atomic mass is 16.6. The van der Waals surface area contributed by atoms with Gasteiger partial charge in [0.25, 0.3) is 0 Å². The molecular formula is C74H134O6. The lowest BCUT2D eigenvalue weighted by atomic mass is 10.0. The summed E-state index contributed by atoms with van der Waals surface area (Å²) in [6, 6.07) is 0. The molecule has 1 unspecified atom stereocenters. The smallest absolute Gasteiger partial charge is 0.306 e. The van der Waals surface area contributed by atoms with E-state index in [4.69, 9.17) is 14.2 Å². The predicted molar refractivity (Wildman–Crippen MR) is 348 cm³/mol. The van der Waals surface area contributed by atoms with Gasteiger partial charge in [0.2, 0.25) is 0 Å². The molecule has 0 N–H and O–H groups in total. The van der Waals surface area contributed by atoms with Crippen molar-refractivity contribution in [3.05, 3.63) is 60.8 Å². The van der Waals surface area contributed by atoms with Crippen LogP contribution in [0.3, 0.4) is 0 Å². The van der Waals surface area contributed by atoms with Crippen molar-refractivity contribution >= 4 is 17.9 Å². The lowest BCUT2D eigenvalue weighted by Crippen LogP contribution is -2.30. The van der Waals surface area contributed by atoms with Crippen molar-refractivity contribution < 1.29 is 28.6 Å². The average Bonchev–Trinajstić information content (AvgIpc) is 3.46. The van der Waals surface area contributed by atoms with Gasteiger partial charge in [0.15, 0.2) is 6.10 Å². The van der Waals surface area contributed by atoms with Gasteiger partial charge in [-0.25, -0.2) is 0 Å². The first-order valence-corrected chi connectivity index (χ1v) is 35.3. The number of carbonyl (C=O) groups excluding carboxylic acids is 3. The molecule has 1 atom stereocenters. The van der Waals surface area contributed by atoms with E-state index >= 15 is 0 Å². The standard InChI is InChI=1S/C74H134O6/c1-4-7-10-13-16-19-21-23-25-27-29-31-32-33-34-35-36-37-38-39-40-41-43-44-46-48-50-52-55-58-61-64-67-73(76)79-70-71(69-78-72(75)66-63-60-57-54-18-15-12-9-6-3)80-74(77)68-65-62-59-56-53-51-49-47-45-42-30-28-26-24-22-20-17-14-11-8-5-2/h8,11,17,20,24,26,30,42,47,49,71H,4-7,9-10,12-16,18-19,21-23,25,27-29,31-41,43-46,48,50-70H2,1-3H3/b11-8-,20-17-,26-24-,42-30-,49-47-. The lowest BCUT2D eigenvalue weighted by molar-refractivity contribution is -0.167. The Morgan fingerprint density at radius 1 is 0.263 bits per heavy atom. The van der Waals surface area contributed by atoms with Gasteiger partial charge >= 0.3 is 17.9 Å². The minimum Gasteiger partial charge on any atom is -0.462 e. The third-order valence-corrected chi connectivity index (χ3v) is 15.8. The van der Waals surface area contributed by atoms with E-state index in [1.807, 2.05) is 0 Å². The molecular weight excluding hydrogens is 985 g/mol. The second-order valence-electron chi connectivity index (χ2n) is 23.8. The molecule has 6 heteroatoms. The summed E-state index contributed by atoms with van der Waals surface area (Å²) in [5.74, 6) is -0.880. The van der Waals surface area contributed by atoms with Crippen molar-refractivity contribution in [2.75, 3.05) is 13.2 Å². The summed E-state index contributed by atoms with van der Waals surface area (Å²) in [7, 11) is 0. The van der Waals surface area contributed by atoms with Crippen LogP contribution in [0, 0.1) is 0 Å². The molecule has 0 saturated carbocycles. The third-order valence-electron chi connectivity index (χ3n) is 15.8. The van der Waals surface area contributed by atoms with Crippen LogP contribution in [0.1, 0.15) is 374 Å². The Kier molecular flexibility index (Phi) is 66.1. The third kappa shape index (κ3) is 65.9. The maximum Gasteiger partial charge on any atom is 0.306 e. The van der Waals surface area contributed by atoms with Crippen molar-refractivity contribution in [2.24, 2.45) is 0 Å². The maximum absolute atomic E-state index is 12.9. The molecule has 0 spiro atoms. The lowest BCUT2D eigenvalue weighted by Gasteiger charge is -2.18. The first kappa shape index (κ1) is 77.1. The Hall–Kier alpha value is -2.89. The highest BCUT2D eigenvalue weighted by Gasteiger charge is 2.19. The minimum atomic E-state index is -0.782. The van der Waals surface area contributed by atoms with E-state index in [0.717, 1.165) is 109 Å². The highest BCUT2D eigenvalue weighted by molar-refractivity contribution is 5.71. The normalized spacial score (nSPS) is 12.4. The van der Waals surface area contributed by atoms with E-state index < -0.39 is 6.10 Å². The van der Waals surface area contributed by atoms with Gasteiger partial charge in [0, 0.05) is 19.3 Å². The number of esters is 3. The number of carbonyl (C=O) groups is 3. The zero-order chi connectivity index (χ0) is 57.8. The van der Waals surface area contributed by atoms with Crippen LogP contribution in [0.25, 0.3) is 0 Å². The van der Waals surface area contributed by atoms with E-state index in [-0.39, 0.29) is 31.1 Å². The van der Waals surface area contributed by atoms with Crippen LogP contribution in [-0.2, 0) is 28.6 Å². The Labute approximate surface area is 498 Å². The van der Waals surface area contributed by atoms with Crippen LogP contribution in [0.15, 0.2) is 60.8 Å². The molecule has 0 amide bonds. The second kappa shape index (κ2) is 68.6. The molecule has 0 rings (SSSR count). The van der Waals surface area contributed by atoms with Crippen LogP contribution in [0.5, 0.6) is 0 Å². The largest absolute Gasteiger partial charge is 0.462 e. The molecule has 0 aromatic heterocycles. The molecule has 0 saturated heterocycles. The quantitative estimate of drug-likeness (QED) is 0.0261. The molecule has 6 nitrogen and oxygen atoms in total. The summed E-state index contributed by atoms with van der Waals surface area (Å²) in [6.45, 7) is 6.55. The number of hydrogen-bond acceptors (Lipinski definition) is 6. The van der Waals surface area contributed by atoms with Gasteiger partial charge in [0.1, 0.15) is 13.2 Å². The first-order chi connectivity index (χ1) is 39.5. The summed E-state index contributed by atoms with van der Waals surface area (Å²) in [6.07, 6.45) is 88.5. The zero-order valence-corrected chi connectivity index (χ0v) is 53.6. The Balaban J connectivity index is 4.08. The maximum atomic E-state index is 12.9. The van der Waals surface area contributed by atoms with Gasteiger partial charge < -0.3 is 14.2 Å². The molecule has 80 heavy (non-hydrogen) atoms. The van der Waals surface area contributed by atoms with E-state index in [1.54, 1.807) is 0 Å². The topological polar surface area (TPSA) is 78.9 Å². The van der Waals surface area contributed by atoms with Gasteiger partial charge in [-0.2, -0.15) is 0 Å². The van der Waals surface area contributed by atoms with Gasteiger partial charge in [-0.05, 0) is 64.2 Å². The predicted octanol–water partition coefficient (Wildman–Crippen LogP) is 24.3. The first-order valence-electron chi connectivity index (χ1n) is 35.3. The van der Waals surface area contributed by atoms with E-state index in [1.165, 1.54) is 225 Å². The molecule has 0 heterocycles. The molecule has 0 bridgehead atoms. The summed E-state index contributed by atoms with van der Waals surface area (Å²) < 4.78 is 16.9. The van der Waals surface area contributed by atoms with Crippen molar-refractivity contribution in [3.63, 3.8) is 0 Å². The van der Waals surface area contributed by atoms with E-state index in [9.17, 15) is 14.4 Å². The molecule has 466 valence electrons. The summed E-state index contributed by atoms with van der Waals surface area (Å²) in [5.41, 5.74) is 0. The van der Waals surface area contributed by atoms with E-state index in [0.29, 0.717) is 19.3 Å². The summed E-state index contributed by atoms with van der Waals surface area (Å²) in [4.78, 5) is 38.2. The van der Waals surface area contributed by atoms with Crippen molar-refractivity contribution in [2.45, 2.75) is 380 Å². The average molecular weight is 1120 g/mol. The fraction of sp³-hybridized carbons (Fsp3) is 0.824. The monoisotopic (exact) mass is 1120 g/mol. The van der Waals surface area contributed by atoms with Crippen LogP contribution in [0.4, 0.5) is 0 Å². The molecule has 0 aromatic carbocycles. The van der Waals surface area contributed by atoms with Gasteiger partial charge in [0.05, 0.1) is 0 Å². The molecule has 0 fully saturated rings. The number of hydrogen-bond donors (Lipinski definition) is 0. The Morgan fingerprint density at radius 2 is 0.487 bits per heavy atom. The fourth-order valence-corrected chi connectivity index (χ4v) is 10.5. The number of rotatable bonds is 65. The van der Waals surface area contributed by atoms with Gasteiger partial charge in [-0.15, -0.1) is 0 Å². The minimum absolute atomic E-state index is 0.0781. The molecule has 0 aliphatic rings. The number of allylic oxidation sites excluding steroid dienone is 10. The molecule has 0 aliphatic heterocycles. The van der Waals surface area contributed by atoms with Crippen LogP contribution in [0.2, 0.25) is 0 Å². The van der Waals surface area contributed by atoms with Crippen molar-refractivity contribution in [1.29, 1.82) is 0 Å². The number of unbranched alkanes of at least 4 members (excludes halogenated alkanes) is 44. The molecule has 0 radical (unpaired) electrons. The highest BCUT2D eigenvalue weighted by Crippen LogP contribution is 2.19. The second-order valence-corrected chi connectivity index (χ2v) is 23.8. The fourth-order valence-electron chi connectivity index (χ4n) is 10.5. The van der Waals surface area contributed by atoms with Crippen LogP contribution < -0.4 is 0 Å². The van der Waals surface area contributed by atoms with Gasteiger partial charge in [-0.3, -0.25) is 14.4 Å². The Bertz CT molecular complexity index is 1430. The summed E-state index contributed by atoms with van der Waals surface area (Å²) >= 11 is 0. The van der Waals surface area contributed by atoms with Crippen LogP contribution >= 0.6 is 0 Å².